The highest BCUT2D eigenvalue weighted by molar-refractivity contribution is 5.82. The number of carboxylic acids is 1. The Kier molecular flexibility index (Phi) is 3.46. The highest BCUT2D eigenvalue weighted by Crippen LogP contribution is 2.19. The van der Waals surface area contributed by atoms with E-state index in [1.165, 1.54) is 6.20 Å². The number of anilines is 1. The number of nitrogens with one attached hydrogen (secondary N) is 1. The molecule has 0 spiro atoms. The molecule has 0 aliphatic heterocycles. The molecule has 1 aromatic heterocycles. The molecule has 5 heteroatoms. The van der Waals surface area contributed by atoms with E-state index in [0.717, 1.165) is 0 Å². The number of hydrogen-bond donors (Lipinski definition) is 2. The molecule has 0 fully saturated rings. The summed E-state index contributed by atoms with van der Waals surface area (Å²) in [6.07, 6.45) is 1.91. The lowest BCUT2D eigenvalue weighted by atomic mass is 9.99. The Morgan fingerprint density at radius 1 is 1.75 bits per heavy atom. The maximum atomic E-state index is 11.1. The molecule has 0 saturated carbocycles. The number of carboxylic acid groups (broad SMARTS) is 1. The maximum Gasteiger partial charge on any atom is 0.329 e. The third kappa shape index (κ3) is 2.28. The second kappa shape index (κ2) is 4.62. The fourth-order valence-electron chi connectivity index (χ4n) is 1.15. The lowest BCUT2D eigenvalue weighted by Crippen LogP contribution is -2.43. The molecular formula is C11H13N3O2. The predicted molar refractivity (Wildman–Crippen MR) is 58.9 cm³/mol. The molecule has 0 amide bonds. The van der Waals surface area contributed by atoms with E-state index in [-0.39, 0.29) is 0 Å². The van der Waals surface area contributed by atoms with Crippen LogP contribution in [-0.2, 0) is 4.79 Å². The van der Waals surface area contributed by atoms with Gasteiger partial charge in [-0.15, -0.1) is 0 Å². The first-order valence-corrected chi connectivity index (χ1v) is 4.90. The molecule has 0 aliphatic rings. The number of nitriles is 1. The van der Waals surface area contributed by atoms with Crippen molar-refractivity contribution in [3.8, 4) is 6.07 Å². The summed E-state index contributed by atoms with van der Waals surface area (Å²) in [5.41, 5.74) is -0.775. The monoisotopic (exact) mass is 219 g/mol. The van der Waals surface area contributed by atoms with Gasteiger partial charge in [0.1, 0.15) is 17.4 Å². The van der Waals surface area contributed by atoms with Crippen LogP contribution >= 0.6 is 0 Å². The highest BCUT2D eigenvalue weighted by atomic mass is 16.4. The normalized spacial score (nSPS) is 13.6. The average Bonchev–Trinajstić information content (AvgIpc) is 2.29. The molecular weight excluding hydrogens is 206 g/mol. The molecule has 1 aromatic rings. The van der Waals surface area contributed by atoms with Gasteiger partial charge in [0.2, 0.25) is 0 Å². The third-order valence-corrected chi connectivity index (χ3v) is 2.50. The van der Waals surface area contributed by atoms with E-state index in [9.17, 15) is 4.79 Å². The summed E-state index contributed by atoms with van der Waals surface area (Å²) in [6, 6.07) is 5.19. The van der Waals surface area contributed by atoms with Crippen LogP contribution in [0, 0.1) is 11.3 Å². The van der Waals surface area contributed by atoms with Gasteiger partial charge in [-0.3, -0.25) is 0 Å². The van der Waals surface area contributed by atoms with Crippen LogP contribution in [0.3, 0.4) is 0 Å². The van der Waals surface area contributed by atoms with Gasteiger partial charge in [-0.05, 0) is 25.5 Å². The van der Waals surface area contributed by atoms with Crippen LogP contribution in [0.1, 0.15) is 25.8 Å². The topological polar surface area (TPSA) is 86.0 Å². The van der Waals surface area contributed by atoms with Crippen LogP contribution in [-0.4, -0.2) is 21.6 Å². The van der Waals surface area contributed by atoms with Gasteiger partial charge in [0, 0.05) is 6.20 Å². The van der Waals surface area contributed by atoms with E-state index >= 15 is 0 Å². The van der Waals surface area contributed by atoms with Crippen molar-refractivity contribution in [3.05, 3.63) is 23.9 Å². The lowest BCUT2D eigenvalue weighted by Gasteiger charge is -2.25. The van der Waals surface area contributed by atoms with Crippen LogP contribution in [0.15, 0.2) is 18.3 Å². The zero-order chi connectivity index (χ0) is 12.2. The van der Waals surface area contributed by atoms with Gasteiger partial charge in [-0.1, -0.05) is 6.92 Å². The van der Waals surface area contributed by atoms with Crippen LogP contribution in [0.2, 0.25) is 0 Å². The number of hydrogen-bond acceptors (Lipinski definition) is 4. The fourth-order valence-corrected chi connectivity index (χ4v) is 1.15. The van der Waals surface area contributed by atoms with Crippen molar-refractivity contribution in [2.75, 3.05) is 5.32 Å². The van der Waals surface area contributed by atoms with Gasteiger partial charge in [0.25, 0.3) is 0 Å². The van der Waals surface area contributed by atoms with Crippen molar-refractivity contribution >= 4 is 11.8 Å². The van der Waals surface area contributed by atoms with E-state index < -0.39 is 11.5 Å². The zero-order valence-electron chi connectivity index (χ0n) is 9.19. The second-order valence-corrected chi connectivity index (χ2v) is 3.63. The molecule has 1 unspecified atom stereocenters. The van der Waals surface area contributed by atoms with Crippen molar-refractivity contribution in [2.24, 2.45) is 0 Å². The van der Waals surface area contributed by atoms with E-state index in [1.807, 2.05) is 6.07 Å². The first-order chi connectivity index (χ1) is 7.53. The summed E-state index contributed by atoms with van der Waals surface area (Å²) in [6.45, 7) is 3.32. The minimum absolute atomic E-state index is 0.303. The summed E-state index contributed by atoms with van der Waals surface area (Å²) in [7, 11) is 0. The Morgan fingerprint density at radius 3 is 2.94 bits per heavy atom. The Bertz CT molecular complexity index is 439. The molecule has 16 heavy (non-hydrogen) atoms. The minimum atomic E-state index is -1.11. The van der Waals surface area contributed by atoms with Gasteiger partial charge in [-0.2, -0.15) is 5.26 Å². The number of aliphatic carboxylic acids is 1. The molecule has 0 aliphatic carbocycles. The number of rotatable bonds is 4. The van der Waals surface area contributed by atoms with Crippen LogP contribution < -0.4 is 5.32 Å². The second-order valence-electron chi connectivity index (χ2n) is 3.63. The van der Waals surface area contributed by atoms with Gasteiger partial charge in [0.15, 0.2) is 0 Å². The van der Waals surface area contributed by atoms with Crippen LogP contribution in [0.5, 0.6) is 0 Å². The van der Waals surface area contributed by atoms with E-state index in [0.29, 0.717) is 17.8 Å². The largest absolute Gasteiger partial charge is 0.480 e. The first-order valence-electron chi connectivity index (χ1n) is 4.90. The van der Waals surface area contributed by atoms with Gasteiger partial charge < -0.3 is 10.4 Å². The van der Waals surface area contributed by atoms with Gasteiger partial charge in [0.05, 0.1) is 5.56 Å². The van der Waals surface area contributed by atoms with Gasteiger partial charge in [-0.25, -0.2) is 9.78 Å². The molecule has 5 nitrogen and oxygen atoms in total. The average molecular weight is 219 g/mol. The summed E-state index contributed by atoms with van der Waals surface area (Å²) in [4.78, 5) is 15.1. The quantitative estimate of drug-likeness (QED) is 0.803. The summed E-state index contributed by atoms with van der Waals surface area (Å²) < 4.78 is 0. The van der Waals surface area contributed by atoms with Crippen molar-refractivity contribution in [1.82, 2.24) is 4.98 Å². The number of nitrogens with zero attached hydrogens (tertiary/aromatic N) is 2. The molecule has 2 N–H and O–H groups in total. The number of pyridine rings is 1. The van der Waals surface area contributed by atoms with E-state index in [1.54, 1.807) is 26.0 Å². The Labute approximate surface area is 93.7 Å². The minimum Gasteiger partial charge on any atom is -0.480 e. The highest BCUT2D eigenvalue weighted by Gasteiger charge is 2.31. The SMILES string of the molecule is CCC(C)(Nc1ncccc1C#N)C(=O)O. The Balaban J connectivity index is 3.04. The number of aromatic nitrogens is 1. The molecule has 0 bridgehead atoms. The Morgan fingerprint density at radius 2 is 2.44 bits per heavy atom. The molecule has 0 aromatic carbocycles. The van der Waals surface area contributed by atoms with Gasteiger partial charge >= 0.3 is 5.97 Å². The third-order valence-electron chi connectivity index (χ3n) is 2.50. The van der Waals surface area contributed by atoms with Crippen LogP contribution in [0.4, 0.5) is 5.82 Å². The molecule has 1 rings (SSSR count). The smallest absolute Gasteiger partial charge is 0.329 e. The summed E-state index contributed by atoms with van der Waals surface area (Å²) >= 11 is 0. The van der Waals surface area contributed by atoms with E-state index in [4.69, 9.17) is 10.4 Å². The summed E-state index contributed by atoms with van der Waals surface area (Å²) in [5.74, 6) is -0.665. The van der Waals surface area contributed by atoms with Crippen molar-refractivity contribution in [3.63, 3.8) is 0 Å². The molecule has 0 radical (unpaired) electrons. The molecule has 1 atom stereocenters. The predicted octanol–water partition coefficient (Wildman–Crippen LogP) is 1.62. The standard InChI is InChI=1S/C11H13N3O2/c1-3-11(2,10(15)16)14-9-8(7-12)5-4-6-13-9/h4-6H,3H2,1-2H3,(H,13,14)(H,15,16). The molecule has 84 valence electrons. The summed E-state index contributed by atoms with van der Waals surface area (Å²) in [5, 5.41) is 20.7. The number of carbonyl (C=O) groups is 1. The lowest BCUT2D eigenvalue weighted by molar-refractivity contribution is -0.141. The first kappa shape index (κ1) is 12.0. The maximum absolute atomic E-state index is 11.1. The van der Waals surface area contributed by atoms with Crippen molar-refractivity contribution < 1.29 is 9.90 Å². The fraction of sp³-hybridized carbons (Fsp3) is 0.364. The molecule has 0 saturated heterocycles. The zero-order valence-corrected chi connectivity index (χ0v) is 9.19. The Hall–Kier alpha value is -2.09. The van der Waals surface area contributed by atoms with E-state index in [2.05, 4.69) is 10.3 Å². The van der Waals surface area contributed by atoms with Crippen LogP contribution in [0.25, 0.3) is 0 Å². The van der Waals surface area contributed by atoms with Crippen molar-refractivity contribution in [2.45, 2.75) is 25.8 Å². The molecule has 1 heterocycles. The van der Waals surface area contributed by atoms with Crippen molar-refractivity contribution in [1.29, 1.82) is 5.26 Å².